The molecule has 34 heavy (non-hydrogen) atoms. The summed E-state index contributed by atoms with van der Waals surface area (Å²) in [6.07, 6.45) is 1.78. The third-order valence-corrected chi connectivity index (χ3v) is 7.64. The summed E-state index contributed by atoms with van der Waals surface area (Å²) in [6.45, 7) is 2.88. The average Bonchev–Trinajstić information content (AvgIpc) is 3.50. The molecule has 2 heterocycles. The Morgan fingerprint density at radius 3 is 2.71 bits per heavy atom. The van der Waals surface area contributed by atoms with E-state index in [1.165, 1.54) is 12.1 Å². The summed E-state index contributed by atoms with van der Waals surface area (Å²) >= 11 is 0.706. The van der Waals surface area contributed by atoms with Crippen molar-refractivity contribution in [3.8, 4) is 0 Å². The predicted molar refractivity (Wildman–Crippen MR) is 128 cm³/mol. The normalized spacial score (nSPS) is 15.6. The highest BCUT2D eigenvalue weighted by molar-refractivity contribution is 7.94. The van der Waals surface area contributed by atoms with Crippen molar-refractivity contribution in [1.29, 1.82) is 0 Å². The molecule has 0 unspecified atom stereocenters. The topological polar surface area (TPSA) is 139 Å². The number of nitrogens with one attached hydrogen (secondary N) is 3. The highest BCUT2D eigenvalue weighted by Crippen LogP contribution is 2.25. The van der Waals surface area contributed by atoms with Gasteiger partial charge in [-0.15, -0.1) is 10.2 Å². The molecule has 4 rings (SSSR count). The maximum atomic E-state index is 12.9. The molecule has 12 heteroatoms. The van der Waals surface area contributed by atoms with E-state index in [4.69, 9.17) is 4.74 Å². The Morgan fingerprint density at radius 1 is 1.12 bits per heavy atom. The summed E-state index contributed by atoms with van der Waals surface area (Å²) in [7, 11) is -4.15. The smallest absolute Gasteiger partial charge is 0.291 e. The first kappa shape index (κ1) is 23.8. The Morgan fingerprint density at radius 2 is 1.94 bits per heavy atom. The minimum atomic E-state index is -4.15. The number of amides is 2. The number of rotatable bonds is 8. The fourth-order valence-corrected chi connectivity index (χ4v) is 5.37. The zero-order valence-electron chi connectivity index (χ0n) is 18.3. The molecule has 0 radical (unpaired) electrons. The molecule has 2 aromatic carbocycles. The molecule has 3 aromatic rings. The van der Waals surface area contributed by atoms with Crippen LogP contribution in [0.1, 0.15) is 39.1 Å². The monoisotopic (exact) mass is 501 g/mol. The second kappa shape index (κ2) is 10.3. The van der Waals surface area contributed by atoms with Crippen LogP contribution in [0.3, 0.4) is 0 Å². The van der Waals surface area contributed by atoms with Gasteiger partial charge in [0.05, 0.1) is 17.4 Å². The lowest BCUT2D eigenvalue weighted by Crippen LogP contribution is -2.32. The lowest BCUT2D eigenvalue weighted by molar-refractivity contribution is 0.0858. The standard InChI is InChI=1S/C22H23N5O5S2/c1-14-6-4-7-15(12-14)19(28)24-21-25-26-22(33-21)34(30,31)27-18-10-3-2-9-17(18)20(29)23-13-16-8-5-11-32-16/h2-4,6-7,9-10,12,16,27H,5,8,11,13H2,1H3,(H,23,29)(H,24,25,28)/t16-/m1/s1. The SMILES string of the molecule is Cc1cccc(C(=O)Nc2nnc(S(=O)(=O)Nc3ccccc3C(=O)NC[C@H]3CCCO3)s2)c1. The molecular formula is C22H23N5O5S2. The van der Waals surface area contributed by atoms with E-state index in [1.807, 2.05) is 13.0 Å². The summed E-state index contributed by atoms with van der Waals surface area (Å²) in [5.41, 5.74) is 1.60. The number of sulfonamides is 1. The number of nitrogens with zero attached hydrogens (tertiary/aromatic N) is 2. The summed E-state index contributed by atoms with van der Waals surface area (Å²) < 4.78 is 33.3. The largest absolute Gasteiger partial charge is 0.376 e. The number of aromatic nitrogens is 2. The van der Waals surface area contributed by atoms with E-state index in [0.717, 1.165) is 18.4 Å². The zero-order chi connectivity index (χ0) is 24.1. The van der Waals surface area contributed by atoms with Gasteiger partial charge in [0.1, 0.15) is 0 Å². The molecule has 0 saturated carbocycles. The van der Waals surface area contributed by atoms with Gasteiger partial charge in [0.25, 0.3) is 26.2 Å². The molecule has 1 saturated heterocycles. The van der Waals surface area contributed by atoms with Gasteiger partial charge in [0, 0.05) is 18.7 Å². The Hall–Kier alpha value is -3.35. The van der Waals surface area contributed by atoms with Gasteiger partial charge in [-0.3, -0.25) is 19.6 Å². The Bertz CT molecular complexity index is 1300. The summed E-state index contributed by atoms with van der Waals surface area (Å²) in [5, 5.41) is 12.8. The minimum Gasteiger partial charge on any atom is -0.376 e. The van der Waals surface area contributed by atoms with Crippen molar-refractivity contribution in [2.45, 2.75) is 30.2 Å². The van der Waals surface area contributed by atoms with Crippen LogP contribution in [0.4, 0.5) is 10.8 Å². The second-order valence-electron chi connectivity index (χ2n) is 7.69. The first-order valence-corrected chi connectivity index (χ1v) is 12.8. The highest BCUT2D eigenvalue weighted by atomic mass is 32.2. The predicted octanol–water partition coefficient (Wildman–Crippen LogP) is 2.81. The Balaban J connectivity index is 1.45. The molecule has 0 spiro atoms. The molecule has 3 N–H and O–H groups in total. The van der Waals surface area contributed by atoms with Crippen LogP contribution in [-0.2, 0) is 14.8 Å². The fourth-order valence-electron chi connectivity index (χ4n) is 3.39. The van der Waals surface area contributed by atoms with Crippen molar-refractivity contribution in [2.24, 2.45) is 0 Å². The maximum Gasteiger partial charge on any atom is 0.291 e. The van der Waals surface area contributed by atoms with Crippen LogP contribution in [0, 0.1) is 6.92 Å². The zero-order valence-corrected chi connectivity index (χ0v) is 19.9. The van der Waals surface area contributed by atoms with Crippen molar-refractivity contribution < 1.29 is 22.7 Å². The first-order chi connectivity index (χ1) is 16.3. The number of carbonyl (C=O) groups excluding carboxylic acids is 2. The van der Waals surface area contributed by atoms with Gasteiger partial charge in [0.15, 0.2) is 0 Å². The van der Waals surface area contributed by atoms with E-state index >= 15 is 0 Å². The lowest BCUT2D eigenvalue weighted by Gasteiger charge is -2.13. The molecule has 1 aromatic heterocycles. The molecule has 10 nitrogen and oxygen atoms in total. The quantitative estimate of drug-likeness (QED) is 0.403. The Kier molecular flexibility index (Phi) is 7.20. The third kappa shape index (κ3) is 5.76. The molecule has 1 atom stereocenters. The van der Waals surface area contributed by atoms with Crippen molar-refractivity contribution in [2.75, 3.05) is 23.2 Å². The van der Waals surface area contributed by atoms with Gasteiger partial charge in [0.2, 0.25) is 5.13 Å². The van der Waals surface area contributed by atoms with E-state index in [9.17, 15) is 18.0 Å². The van der Waals surface area contributed by atoms with Crippen molar-refractivity contribution in [3.63, 3.8) is 0 Å². The molecule has 0 aliphatic carbocycles. The van der Waals surface area contributed by atoms with E-state index in [2.05, 4.69) is 25.6 Å². The van der Waals surface area contributed by atoms with Crippen molar-refractivity contribution >= 4 is 44.0 Å². The van der Waals surface area contributed by atoms with Gasteiger partial charge < -0.3 is 10.1 Å². The number of para-hydroxylation sites is 1. The van der Waals surface area contributed by atoms with Crippen molar-refractivity contribution in [3.05, 3.63) is 65.2 Å². The van der Waals surface area contributed by atoms with Crippen LogP contribution >= 0.6 is 11.3 Å². The van der Waals surface area contributed by atoms with Gasteiger partial charge in [-0.05, 0) is 44.0 Å². The molecular weight excluding hydrogens is 478 g/mol. The summed E-state index contributed by atoms with van der Waals surface area (Å²) in [4.78, 5) is 25.1. The number of anilines is 2. The molecule has 1 aliphatic heterocycles. The van der Waals surface area contributed by atoms with Crippen LogP contribution in [0.25, 0.3) is 0 Å². The number of hydrogen-bond donors (Lipinski definition) is 3. The van der Waals surface area contributed by atoms with Crippen LogP contribution in [0.15, 0.2) is 52.9 Å². The van der Waals surface area contributed by atoms with Crippen molar-refractivity contribution in [1.82, 2.24) is 15.5 Å². The molecule has 1 aliphatic rings. The molecule has 1 fully saturated rings. The van der Waals surface area contributed by atoms with Gasteiger partial charge in [-0.1, -0.05) is 41.2 Å². The average molecular weight is 502 g/mol. The molecule has 2 amide bonds. The second-order valence-corrected chi connectivity index (χ2v) is 10.5. The van der Waals surface area contributed by atoms with E-state index in [1.54, 1.807) is 30.3 Å². The Labute approximate surface area is 200 Å². The first-order valence-electron chi connectivity index (χ1n) is 10.5. The number of benzene rings is 2. The molecule has 178 valence electrons. The van der Waals surface area contributed by atoms with Crippen LogP contribution in [-0.4, -0.2) is 49.7 Å². The summed E-state index contributed by atoms with van der Waals surface area (Å²) in [5.74, 6) is -0.845. The lowest BCUT2D eigenvalue weighted by atomic mass is 10.1. The molecule has 0 bridgehead atoms. The number of carbonyl (C=O) groups is 2. The number of aryl methyl sites for hydroxylation is 1. The van der Waals surface area contributed by atoms with E-state index in [0.29, 0.717) is 30.1 Å². The third-order valence-electron chi connectivity index (χ3n) is 5.07. The highest BCUT2D eigenvalue weighted by Gasteiger charge is 2.24. The number of ether oxygens (including phenoxy) is 1. The summed E-state index contributed by atoms with van der Waals surface area (Å²) in [6, 6.07) is 13.2. The van der Waals surface area contributed by atoms with E-state index < -0.39 is 21.8 Å². The van der Waals surface area contributed by atoms with Gasteiger partial charge in [-0.25, -0.2) is 0 Å². The van der Waals surface area contributed by atoms with Gasteiger partial charge in [-0.2, -0.15) is 8.42 Å². The minimum absolute atomic E-state index is 0.0365. The van der Waals surface area contributed by atoms with Crippen LogP contribution in [0.5, 0.6) is 0 Å². The number of hydrogen-bond acceptors (Lipinski definition) is 8. The van der Waals surface area contributed by atoms with Crippen LogP contribution < -0.4 is 15.4 Å². The van der Waals surface area contributed by atoms with E-state index in [-0.39, 0.29) is 26.8 Å². The maximum absolute atomic E-state index is 12.9. The fraction of sp³-hybridized carbons (Fsp3) is 0.273. The van der Waals surface area contributed by atoms with Gasteiger partial charge >= 0.3 is 0 Å². The van der Waals surface area contributed by atoms with Crippen LogP contribution in [0.2, 0.25) is 0 Å².